The van der Waals surface area contributed by atoms with E-state index in [4.69, 9.17) is 26.2 Å². The summed E-state index contributed by atoms with van der Waals surface area (Å²) in [6.07, 6.45) is 0. The minimum absolute atomic E-state index is 0.0108. The molecular formula is C10H9ClO4. The van der Waals surface area contributed by atoms with E-state index in [1.165, 1.54) is 12.1 Å². The lowest BCUT2D eigenvalue weighted by Gasteiger charge is -2.16. The van der Waals surface area contributed by atoms with Crippen LogP contribution in [0.5, 0.6) is 11.5 Å². The van der Waals surface area contributed by atoms with E-state index in [0.717, 1.165) is 0 Å². The molecule has 1 aromatic carbocycles. The fourth-order valence-electron chi connectivity index (χ4n) is 1.41. The third kappa shape index (κ3) is 1.72. The number of hydrogen-bond acceptors (Lipinski definition) is 3. The van der Waals surface area contributed by atoms with Gasteiger partial charge in [0.2, 0.25) is 5.79 Å². The lowest BCUT2D eigenvalue weighted by Crippen LogP contribution is -2.29. The van der Waals surface area contributed by atoms with Crippen LogP contribution >= 0.6 is 11.6 Å². The number of carboxylic acids is 1. The van der Waals surface area contributed by atoms with E-state index in [0.29, 0.717) is 11.5 Å². The van der Waals surface area contributed by atoms with E-state index in [-0.39, 0.29) is 10.6 Å². The molecule has 0 spiro atoms. The molecule has 1 N–H and O–H groups in total. The van der Waals surface area contributed by atoms with Gasteiger partial charge in [0.05, 0.1) is 10.6 Å². The predicted octanol–water partition coefficient (Wildman–Crippen LogP) is 2.55. The summed E-state index contributed by atoms with van der Waals surface area (Å²) < 4.78 is 10.8. The first kappa shape index (κ1) is 10.1. The van der Waals surface area contributed by atoms with Crippen LogP contribution in [0.1, 0.15) is 24.2 Å². The normalized spacial score (nSPS) is 16.5. The number of carboxylic acid groups (broad SMARTS) is 1. The quantitative estimate of drug-likeness (QED) is 0.803. The van der Waals surface area contributed by atoms with Crippen LogP contribution in [-0.4, -0.2) is 16.9 Å². The lowest BCUT2D eigenvalue weighted by atomic mass is 10.2. The number of hydrogen-bond donors (Lipinski definition) is 1. The Hall–Kier alpha value is -1.42. The zero-order valence-corrected chi connectivity index (χ0v) is 8.96. The molecule has 1 aliphatic heterocycles. The fraction of sp³-hybridized carbons (Fsp3) is 0.300. The van der Waals surface area contributed by atoms with Gasteiger partial charge in [0.15, 0.2) is 11.5 Å². The van der Waals surface area contributed by atoms with Gasteiger partial charge in [0, 0.05) is 26.0 Å². The van der Waals surface area contributed by atoms with Crippen LogP contribution in [0, 0.1) is 0 Å². The molecule has 0 atom stereocenters. The summed E-state index contributed by atoms with van der Waals surface area (Å²) >= 11 is 5.78. The Labute approximate surface area is 91.4 Å². The second kappa shape index (κ2) is 3.03. The Balaban J connectivity index is 2.50. The summed E-state index contributed by atoms with van der Waals surface area (Å²) in [7, 11) is 0. The van der Waals surface area contributed by atoms with Gasteiger partial charge in [-0.05, 0) is 0 Å². The second-order valence-electron chi connectivity index (χ2n) is 3.69. The summed E-state index contributed by atoms with van der Waals surface area (Å²) in [6.45, 7) is 3.47. The van der Waals surface area contributed by atoms with Gasteiger partial charge < -0.3 is 14.6 Å². The maximum Gasteiger partial charge on any atom is 0.337 e. The summed E-state index contributed by atoms with van der Waals surface area (Å²) in [5, 5.41) is 8.99. The molecule has 0 amide bonds. The van der Waals surface area contributed by atoms with E-state index >= 15 is 0 Å². The van der Waals surface area contributed by atoms with Gasteiger partial charge >= 0.3 is 5.97 Å². The zero-order valence-electron chi connectivity index (χ0n) is 8.20. The van der Waals surface area contributed by atoms with E-state index in [1.807, 2.05) is 0 Å². The van der Waals surface area contributed by atoms with Crippen molar-refractivity contribution in [3.05, 3.63) is 22.7 Å². The van der Waals surface area contributed by atoms with Gasteiger partial charge in [0.25, 0.3) is 0 Å². The Morgan fingerprint density at radius 3 is 2.40 bits per heavy atom. The number of aromatic carboxylic acids is 1. The Bertz CT molecular complexity index is 439. The molecule has 2 rings (SSSR count). The number of ether oxygens (including phenoxy) is 2. The fourth-order valence-corrected chi connectivity index (χ4v) is 1.64. The predicted molar refractivity (Wildman–Crippen MR) is 53.7 cm³/mol. The van der Waals surface area contributed by atoms with Gasteiger partial charge in [-0.25, -0.2) is 4.79 Å². The third-order valence-electron chi connectivity index (χ3n) is 1.98. The van der Waals surface area contributed by atoms with Crippen LogP contribution in [0.15, 0.2) is 12.1 Å². The number of carbonyl (C=O) groups is 1. The molecule has 5 heteroatoms. The van der Waals surface area contributed by atoms with Crippen LogP contribution in [0.3, 0.4) is 0 Å². The highest BCUT2D eigenvalue weighted by Gasteiger charge is 2.33. The first-order chi connectivity index (χ1) is 6.89. The average Bonchev–Trinajstić information content (AvgIpc) is 2.36. The Kier molecular flexibility index (Phi) is 2.04. The molecule has 0 aromatic heterocycles. The SMILES string of the molecule is CC1(C)Oc2cc(Cl)c(C(=O)O)cc2O1. The maximum atomic E-state index is 10.8. The molecule has 0 aliphatic carbocycles. The molecule has 1 aliphatic rings. The Morgan fingerprint density at radius 2 is 1.87 bits per heavy atom. The zero-order chi connectivity index (χ0) is 11.2. The molecule has 1 aromatic rings. The van der Waals surface area contributed by atoms with E-state index < -0.39 is 11.8 Å². The molecule has 1 heterocycles. The van der Waals surface area contributed by atoms with Crippen LogP contribution in [0.2, 0.25) is 5.02 Å². The van der Waals surface area contributed by atoms with Gasteiger partial charge in [-0.2, -0.15) is 0 Å². The molecular weight excluding hydrogens is 220 g/mol. The van der Waals surface area contributed by atoms with Crippen molar-refractivity contribution < 1.29 is 19.4 Å². The molecule has 0 saturated heterocycles. The largest absolute Gasteiger partial charge is 0.478 e. The Morgan fingerprint density at radius 1 is 1.33 bits per heavy atom. The van der Waals surface area contributed by atoms with Crippen LogP contribution in [0.25, 0.3) is 0 Å². The van der Waals surface area contributed by atoms with Crippen LogP contribution in [-0.2, 0) is 0 Å². The highest BCUT2D eigenvalue weighted by molar-refractivity contribution is 6.33. The van der Waals surface area contributed by atoms with E-state index in [2.05, 4.69) is 0 Å². The van der Waals surface area contributed by atoms with Crippen molar-refractivity contribution >= 4 is 17.6 Å². The average molecular weight is 229 g/mol. The van der Waals surface area contributed by atoms with Gasteiger partial charge in [-0.15, -0.1) is 0 Å². The minimum atomic E-state index is -1.09. The van der Waals surface area contributed by atoms with Crippen molar-refractivity contribution in [3.8, 4) is 11.5 Å². The lowest BCUT2D eigenvalue weighted by molar-refractivity contribution is -0.0431. The molecule has 0 fully saturated rings. The summed E-state index contributed by atoms with van der Waals surface area (Å²) in [4.78, 5) is 10.8. The van der Waals surface area contributed by atoms with Crippen LogP contribution in [0.4, 0.5) is 0 Å². The smallest absolute Gasteiger partial charge is 0.337 e. The van der Waals surface area contributed by atoms with E-state index in [9.17, 15) is 4.79 Å². The number of benzene rings is 1. The van der Waals surface area contributed by atoms with Crippen molar-refractivity contribution in [2.75, 3.05) is 0 Å². The number of rotatable bonds is 1. The summed E-state index contributed by atoms with van der Waals surface area (Å²) in [6, 6.07) is 2.82. The maximum absolute atomic E-state index is 10.8. The van der Waals surface area contributed by atoms with E-state index in [1.54, 1.807) is 13.8 Å². The standard InChI is InChI=1S/C10H9ClO4/c1-10(2)14-7-3-5(9(12)13)6(11)4-8(7)15-10/h3-4H,1-2H3,(H,12,13). The first-order valence-corrected chi connectivity index (χ1v) is 4.72. The van der Waals surface area contributed by atoms with Gasteiger partial charge in [-0.3, -0.25) is 0 Å². The minimum Gasteiger partial charge on any atom is -0.478 e. The van der Waals surface area contributed by atoms with Crippen molar-refractivity contribution in [2.45, 2.75) is 19.6 Å². The van der Waals surface area contributed by atoms with Crippen molar-refractivity contribution in [2.24, 2.45) is 0 Å². The summed E-state index contributed by atoms with van der Waals surface area (Å²) in [5.74, 6) is -0.990. The number of halogens is 1. The topological polar surface area (TPSA) is 55.8 Å². The van der Waals surface area contributed by atoms with Crippen molar-refractivity contribution in [1.82, 2.24) is 0 Å². The van der Waals surface area contributed by atoms with Crippen molar-refractivity contribution in [1.29, 1.82) is 0 Å². The molecule has 80 valence electrons. The van der Waals surface area contributed by atoms with Gasteiger partial charge in [-0.1, -0.05) is 11.6 Å². The van der Waals surface area contributed by atoms with Crippen LogP contribution < -0.4 is 9.47 Å². The molecule has 0 unspecified atom stereocenters. The molecule has 15 heavy (non-hydrogen) atoms. The third-order valence-corrected chi connectivity index (χ3v) is 2.29. The summed E-state index contributed by atoms with van der Waals surface area (Å²) in [5.41, 5.74) is 0.0108. The molecule has 0 radical (unpaired) electrons. The number of fused-ring (bicyclic) bond motifs is 1. The second-order valence-corrected chi connectivity index (χ2v) is 4.10. The highest BCUT2D eigenvalue weighted by atomic mass is 35.5. The highest BCUT2D eigenvalue weighted by Crippen LogP contribution is 2.42. The van der Waals surface area contributed by atoms with Gasteiger partial charge in [0.1, 0.15) is 0 Å². The molecule has 4 nitrogen and oxygen atoms in total. The first-order valence-electron chi connectivity index (χ1n) is 4.34. The molecule has 0 bridgehead atoms. The monoisotopic (exact) mass is 228 g/mol. The molecule has 0 saturated carbocycles. The van der Waals surface area contributed by atoms with Crippen molar-refractivity contribution in [3.63, 3.8) is 0 Å².